The highest BCUT2D eigenvalue weighted by atomic mass is 79.9. The third kappa shape index (κ3) is 3.83. The largest absolute Gasteiger partial charge is 0.338 e. The molecule has 0 unspecified atom stereocenters. The molecular formula is C10H13BrN2OS. The third-order valence-corrected chi connectivity index (χ3v) is 3.88. The van der Waals surface area contributed by atoms with Crippen LogP contribution in [0.3, 0.4) is 0 Å². The Kier molecular flexibility index (Phi) is 3.64. The zero-order chi connectivity index (χ0) is 10.7. The number of thiophene rings is 1. The van der Waals surface area contributed by atoms with Crippen LogP contribution in [0.15, 0.2) is 15.9 Å². The standard InChI is InChI=1S/C10H13BrN2OS/c11-9-4-3-8(15-9)5-6-12-10(14)13-7-1-2-7/h3-4,7H,1-2,5-6H2,(H2,12,13,14). The molecule has 2 N–H and O–H groups in total. The van der Waals surface area contributed by atoms with Gasteiger partial charge in [0.25, 0.3) is 0 Å². The van der Waals surface area contributed by atoms with E-state index in [9.17, 15) is 4.79 Å². The molecule has 0 atom stereocenters. The maximum atomic E-state index is 11.3. The van der Waals surface area contributed by atoms with Crippen LogP contribution in [0.4, 0.5) is 4.79 Å². The summed E-state index contributed by atoms with van der Waals surface area (Å²) in [4.78, 5) is 12.5. The number of carbonyl (C=O) groups is 1. The zero-order valence-corrected chi connectivity index (χ0v) is 10.7. The molecule has 1 aliphatic carbocycles. The van der Waals surface area contributed by atoms with Gasteiger partial charge in [0.15, 0.2) is 0 Å². The van der Waals surface area contributed by atoms with Crippen LogP contribution in [0.25, 0.3) is 0 Å². The summed E-state index contributed by atoms with van der Waals surface area (Å²) in [6.07, 6.45) is 3.16. The predicted molar refractivity (Wildman–Crippen MR) is 65.3 cm³/mol. The van der Waals surface area contributed by atoms with Crippen LogP contribution >= 0.6 is 27.3 Å². The topological polar surface area (TPSA) is 41.1 Å². The van der Waals surface area contributed by atoms with Gasteiger partial charge in [0, 0.05) is 17.5 Å². The van der Waals surface area contributed by atoms with Crippen molar-refractivity contribution in [3.05, 3.63) is 20.8 Å². The second-order valence-corrected chi connectivity index (χ2v) is 6.18. The van der Waals surface area contributed by atoms with Crippen LogP contribution in [0.2, 0.25) is 0 Å². The number of urea groups is 1. The first kappa shape index (κ1) is 11.0. The molecule has 1 fully saturated rings. The number of hydrogen-bond donors (Lipinski definition) is 2. The molecule has 1 aliphatic rings. The van der Waals surface area contributed by atoms with Crippen molar-refractivity contribution in [2.24, 2.45) is 0 Å². The quantitative estimate of drug-likeness (QED) is 0.878. The molecule has 5 heteroatoms. The van der Waals surface area contributed by atoms with E-state index >= 15 is 0 Å². The first-order valence-corrected chi connectivity index (χ1v) is 6.63. The van der Waals surface area contributed by atoms with E-state index in [1.54, 1.807) is 11.3 Å². The van der Waals surface area contributed by atoms with Crippen molar-refractivity contribution in [3.8, 4) is 0 Å². The first-order chi connectivity index (χ1) is 7.24. The highest BCUT2D eigenvalue weighted by Gasteiger charge is 2.22. The lowest BCUT2D eigenvalue weighted by Gasteiger charge is -2.04. The maximum Gasteiger partial charge on any atom is 0.315 e. The van der Waals surface area contributed by atoms with Crippen molar-refractivity contribution in [1.29, 1.82) is 0 Å². The molecular weight excluding hydrogens is 276 g/mol. The molecule has 3 nitrogen and oxygen atoms in total. The molecule has 1 saturated carbocycles. The summed E-state index contributed by atoms with van der Waals surface area (Å²) in [5, 5.41) is 5.74. The van der Waals surface area contributed by atoms with Gasteiger partial charge < -0.3 is 10.6 Å². The van der Waals surface area contributed by atoms with Gasteiger partial charge in [-0.3, -0.25) is 0 Å². The summed E-state index contributed by atoms with van der Waals surface area (Å²) >= 11 is 5.12. The van der Waals surface area contributed by atoms with Gasteiger partial charge in [-0.25, -0.2) is 4.79 Å². The molecule has 0 aromatic carbocycles. The molecule has 0 bridgehead atoms. The summed E-state index contributed by atoms with van der Waals surface area (Å²) in [7, 11) is 0. The molecule has 0 radical (unpaired) electrons. The Labute approximate surface area is 101 Å². The smallest absolute Gasteiger partial charge is 0.315 e. The van der Waals surface area contributed by atoms with Gasteiger partial charge in [-0.2, -0.15) is 0 Å². The van der Waals surface area contributed by atoms with Crippen molar-refractivity contribution in [1.82, 2.24) is 10.6 Å². The van der Waals surface area contributed by atoms with Gasteiger partial charge in [-0.1, -0.05) is 0 Å². The molecule has 0 saturated heterocycles. The number of rotatable bonds is 4. The van der Waals surface area contributed by atoms with E-state index in [-0.39, 0.29) is 6.03 Å². The minimum absolute atomic E-state index is 0.0341. The van der Waals surface area contributed by atoms with Crippen molar-refractivity contribution in [2.75, 3.05) is 6.54 Å². The number of hydrogen-bond acceptors (Lipinski definition) is 2. The highest BCUT2D eigenvalue weighted by molar-refractivity contribution is 9.11. The van der Waals surface area contributed by atoms with Gasteiger partial charge in [-0.05, 0) is 47.3 Å². The second kappa shape index (κ2) is 4.99. The summed E-state index contributed by atoms with van der Waals surface area (Å²) < 4.78 is 1.14. The van der Waals surface area contributed by atoms with E-state index in [4.69, 9.17) is 0 Å². The molecule has 82 valence electrons. The Hall–Kier alpha value is -0.550. The molecule has 2 amide bonds. The lowest BCUT2D eigenvalue weighted by Crippen LogP contribution is -2.37. The first-order valence-electron chi connectivity index (χ1n) is 5.02. The van der Waals surface area contributed by atoms with Gasteiger partial charge >= 0.3 is 6.03 Å². The molecule has 0 spiro atoms. The number of halogens is 1. The van der Waals surface area contributed by atoms with E-state index in [0.717, 1.165) is 23.0 Å². The summed E-state index contributed by atoms with van der Waals surface area (Å²) in [5.74, 6) is 0. The summed E-state index contributed by atoms with van der Waals surface area (Å²) in [6.45, 7) is 0.700. The normalized spacial score (nSPS) is 15.0. The lowest BCUT2D eigenvalue weighted by atomic mass is 10.3. The Balaban J connectivity index is 1.63. The SMILES string of the molecule is O=C(NCCc1ccc(Br)s1)NC1CC1. The monoisotopic (exact) mass is 288 g/mol. The fraction of sp³-hybridized carbons (Fsp3) is 0.500. The summed E-state index contributed by atoms with van der Waals surface area (Å²) in [6, 6.07) is 4.51. The van der Waals surface area contributed by atoms with Gasteiger partial charge in [-0.15, -0.1) is 11.3 Å². The van der Waals surface area contributed by atoms with Crippen LogP contribution in [0.1, 0.15) is 17.7 Å². The Morgan fingerprint density at radius 2 is 2.33 bits per heavy atom. The van der Waals surface area contributed by atoms with Crippen molar-refractivity contribution in [3.63, 3.8) is 0 Å². The van der Waals surface area contributed by atoms with Crippen molar-refractivity contribution < 1.29 is 4.79 Å². The molecule has 2 rings (SSSR count). The molecule has 1 aromatic rings. The fourth-order valence-electron chi connectivity index (χ4n) is 1.25. The van der Waals surface area contributed by atoms with Gasteiger partial charge in [0.05, 0.1) is 3.79 Å². The Morgan fingerprint density at radius 3 is 2.93 bits per heavy atom. The van der Waals surface area contributed by atoms with E-state index in [2.05, 4.69) is 32.6 Å². The third-order valence-electron chi connectivity index (χ3n) is 2.20. The van der Waals surface area contributed by atoms with E-state index in [1.165, 1.54) is 4.88 Å². The fourth-order valence-corrected chi connectivity index (χ4v) is 2.73. The predicted octanol–water partition coefficient (Wildman–Crippen LogP) is 2.51. The lowest BCUT2D eigenvalue weighted by molar-refractivity contribution is 0.240. The minimum Gasteiger partial charge on any atom is -0.338 e. The van der Waals surface area contributed by atoms with Gasteiger partial charge in [0.2, 0.25) is 0 Å². The highest BCUT2D eigenvalue weighted by Crippen LogP contribution is 2.22. The zero-order valence-electron chi connectivity index (χ0n) is 8.25. The van der Waals surface area contributed by atoms with Crippen molar-refractivity contribution in [2.45, 2.75) is 25.3 Å². The number of carbonyl (C=O) groups excluding carboxylic acids is 1. The van der Waals surface area contributed by atoms with E-state index in [1.807, 2.05) is 6.07 Å². The molecule has 15 heavy (non-hydrogen) atoms. The van der Waals surface area contributed by atoms with E-state index in [0.29, 0.717) is 12.6 Å². The average Bonchev–Trinajstić information content (AvgIpc) is 2.89. The molecule has 0 aliphatic heterocycles. The molecule has 1 aromatic heterocycles. The second-order valence-electron chi connectivity index (χ2n) is 3.63. The number of nitrogens with one attached hydrogen (secondary N) is 2. The van der Waals surface area contributed by atoms with Crippen LogP contribution in [-0.2, 0) is 6.42 Å². The van der Waals surface area contributed by atoms with Crippen LogP contribution in [-0.4, -0.2) is 18.6 Å². The van der Waals surface area contributed by atoms with Crippen LogP contribution < -0.4 is 10.6 Å². The van der Waals surface area contributed by atoms with E-state index < -0.39 is 0 Å². The molecule has 1 heterocycles. The minimum atomic E-state index is -0.0341. The van der Waals surface area contributed by atoms with Crippen LogP contribution in [0, 0.1) is 0 Å². The average molecular weight is 289 g/mol. The number of amides is 2. The van der Waals surface area contributed by atoms with Crippen molar-refractivity contribution >= 4 is 33.3 Å². The van der Waals surface area contributed by atoms with Crippen LogP contribution in [0.5, 0.6) is 0 Å². The Bertz CT molecular complexity index is 349. The Morgan fingerprint density at radius 1 is 1.53 bits per heavy atom. The summed E-state index contributed by atoms with van der Waals surface area (Å²) in [5.41, 5.74) is 0. The maximum absolute atomic E-state index is 11.3. The van der Waals surface area contributed by atoms with Gasteiger partial charge in [0.1, 0.15) is 0 Å².